The summed E-state index contributed by atoms with van der Waals surface area (Å²) in [6, 6.07) is 7.93. The Balaban J connectivity index is 1.73. The van der Waals surface area contributed by atoms with Gasteiger partial charge in [-0.05, 0) is 30.5 Å². The minimum atomic E-state index is 0.257. The molecule has 0 atom stereocenters. The number of ether oxygens (including phenoxy) is 1. The van der Waals surface area contributed by atoms with E-state index in [0.717, 1.165) is 22.9 Å². The van der Waals surface area contributed by atoms with Crippen molar-refractivity contribution in [3.8, 4) is 0 Å². The zero-order valence-electron chi connectivity index (χ0n) is 8.41. The second-order valence-corrected chi connectivity index (χ2v) is 4.78. The van der Waals surface area contributed by atoms with Gasteiger partial charge in [0.05, 0.1) is 6.61 Å². The molecule has 0 aliphatic heterocycles. The van der Waals surface area contributed by atoms with Gasteiger partial charge >= 0.3 is 0 Å². The summed E-state index contributed by atoms with van der Waals surface area (Å²) < 4.78 is 6.41. The van der Waals surface area contributed by atoms with Crippen LogP contribution in [0, 0.1) is 5.92 Å². The largest absolute Gasteiger partial charge is 0.369 e. The fraction of sp³-hybridized carbons (Fsp3) is 0.417. The molecule has 0 spiro atoms. The zero-order chi connectivity index (χ0) is 10.7. The van der Waals surface area contributed by atoms with Crippen LogP contribution in [0.15, 0.2) is 28.7 Å². The van der Waals surface area contributed by atoms with Crippen LogP contribution in [0.25, 0.3) is 0 Å². The van der Waals surface area contributed by atoms with E-state index in [1.165, 1.54) is 0 Å². The molecule has 0 radical (unpaired) electrons. The third-order valence-electron chi connectivity index (χ3n) is 2.46. The number of hydrogen-bond donors (Lipinski definition) is 0. The van der Waals surface area contributed by atoms with Crippen LogP contribution in [0.1, 0.15) is 18.4 Å². The second-order valence-electron chi connectivity index (χ2n) is 3.86. The molecule has 0 N–H and O–H groups in total. The third kappa shape index (κ3) is 3.43. The van der Waals surface area contributed by atoms with Gasteiger partial charge in [0, 0.05) is 10.4 Å². The molecule has 0 aromatic heterocycles. The van der Waals surface area contributed by atoms with E-state index in [0.29, 0.717) is 12.5 Å². The fourth-order valence-corrected chi connectivity index (χ4v) is 1.64. The van der Waals surface area contributed by atoms with E-state index in [1.54, 1.807) is 0 Å². The molecule has 1 fully saturated rings. The number of carbonyl (C=O) groups is 1. The highest BCUT2D eigenvalue weighted by Crippen LogP contribution is 2.29. The van der Waals surface area contributed by atoms with Crippen LogP contribution >= 0.6 is 15.9 Å². The summed E-state index contributed by atoms with van der Waals surface area (Å²) in [6.45, 7) is 0.784. The maximum absolute atomic E-state index is 11.3. The fourth-order valence-electron chi connectivity index (χ4n) is 1.37. The zero-order valence-corrected chi connectivity index (χ0v) is 10.00. The topological polar surface area (TPSA) is 26.3 Å². The van der Waals surface area contributed by atoms with Crippen molar-refractivity contribution in [3.63, 3.8) is 0 Å². The maximum Gasteiger partial charge on any atom is 0.161 e. The van der Waals surface area contributed by atoms with Crippen LogP contribution in [0.4, 0.5) is 0 Å². The third-order valence-corrected chi connectivity index (χ3v) is 2.99. The summed E-state index contributed by atoms with van der Waals surface area (Å²) in [5.74, 6) is 0.557. The first-order valence-corrected chi connectivity index (χ1v) is 5.90. The molecule has 1 aliphatic carbocycles. The Bertz CT molecular complexity index is 341. The summed E-state index contributed by atoms with van der Waals surface area (Å²) in [5.41, 5.74) is 1.10. The number of carbonyl (C=O) groups excluding carboxylic acids is 1. The number of ketones is 1. The highest BCUT2D eigenvalue weighted by molar-refractivity contribution is 9.10. The van der Waals surface area contributed by atoms with E-state index in [9.17, 15) is 4.79 Å². The van der Waals surface area contributed by atoms with Gasteiger partial charge in [-0.3, -0.25) is 4.79 Å². The van der Waals surface area contributed by atoms with Crippen molar-refractivity contribution in [1.29, 1.82) is 0 Å². The SMILES string of the molecule is O=C(COCc1ccc(Br)cc1)C1CC1. The number of rotatable bonds is 5. The molecule has 3 heteroatoms. The average Bonchev–Trinajstić information content (AvgIpc) is 3.04. The van der Waals surface area contributed by atoms with Gasteiger partial charge in [0.2, 0.25) is 0 Å². The first kappa shape index (κ1) is 10.8. The molecular weight excluding hydrogens is 256 g/mol. The maximum atomic E-state index is 11.3. The van der Waals surface area contributed by atoms with Crippen molar-refractivity contribution in [2.24, 2.45) is 5.92 Å². The Hall–Kier alpha value is -0.670. The lowest BCUT2D eigenvalue weighted by molar-refractivity contribution is -0.125. The van der Waals surface area contributed by atoms with Crippen LogP contribution in [-0.4, -0.2) is 12.4 Å². The molecule has 15 heavy (non-hydrogen) atoms. The monoisotopic (exact) mass is 268 g/mol. The summed E-state index contributed by atoms with van der Waals surface area (Å²) in [6.07, 6.45) is 2.11. The van der Waals surface area contributed by atoms with E-state index in [4.69, 9.17) is 4.74 Å². The Labute approximate surface area is 97.8 Å². The number of benzene rings is 1. The van der Waals surface area contributed by atoms with Crippen molar-refractivity contribution in [3.05, 3.63) is 34.3 Å². The molecule has 1 aromatic rings. The number of halogens is 1. The first-order chi connectivity index (χ1) is 7.25. The minimum Gasteiger partial charge on any atom is -0.369 e. The van der Waals surface area contributed by atoms with Crippen LogP contribution in [0.5, 0.6) is 0 Å². The van der Waals surface area contributed by atoms with E-state index in [-0.39, 0.29) is 12.4 Å². The van der Waals surface area contributed by atoms with Crippen LogP contribution in [-0.2, 0) is 16.1 Å². The van der Waals surface area contributed by atoms with Gasteiger partial charge in [-0.15, -0.1) is 0 Å². The lowest BCUT2D eigenvalue weighted by atomic mass is 10.2. The molecule has 1 aromatic carbocycles. The van der Waals surface area contributed by atoms with Gasteiger partial charge in [-0.2, -0.15) is 0 Å². The molecular formula is C12H13BrO2. The van der Waals surface area contributed by atoms with Crippen LogP contribution in [0.3, 0.4) is 0 Å². The van der Waals surface area contributed by atoms with Gasteiger partial charge in [0.25, 0.3) is 0 Å². The molecule has 1 aliphatic rings. The summed E-state index contributed by atoms with van der Waals surface area (Å²) in [5, 5.41) is 0. The van der Waals surface area contributed by atoms with E-state index in [1.807, 2.05) is 24.3 Å². The van der Waals surface area contributed by atoms with E-state index in [2.05, 4.69) is 15.9 Å². The summed E-state index contributed by atoms with van der Waals surface area (Å²) >= 11 is 3.37. The molecule has 1 saturated carbocycles. The van der Waals surface area contributed by atoms with Gasteiger partial charge in [-0.1, -0.05) is 28.1 Å². The molecule has 0 saturated heterocycles. The smallest absolute Gasteiger partial charge is 0.161 e. The average molecular weight is 269 g/mol. The Morgan fingerprint density at radius 2 is 2.00 bits per heavy atom. The van der Waals surface area contributed by atoms with Gasteiger partial charge < -0.3 is 4.74 Å². The normalized spacial score (nSPS) is 15.3. The van der Waals surface area contributed by atoms with Crippen molar-refractivity contribution in [1.82, 2.24) is 0 Å². The molecule has 0 unspecified atom stereocenters. The predicted molar refractivity (Wildman–Crippen MR) is 61.5 cm³/mol. The second kappa shape index (κ2) is 4.90. The first-order valence-electron chi connectivity index (χ1n) is 5.10. The lowest BCUT2D eigenvalue weighted by Crippen LogP contribution is -2.10. The molecule has 80 valence electrons. The minimum absolute atomic E-state index is 0.257. The molecule has 0 heterocycles. The quantitative estimate of drug-likeness (QED) is 0.821. The summed E-state index contributed by atoms with van der Waals surface area (Å²) in [7, 11) is 0. The Morgan fingerprint density at radius 3 is 2.60 bits per heavy atom. The van der Waals surface area contributed by atoms with Crippen LogP contribution in [0.2, 0.25) is 0 Å². The molecule has 0 amide bonds. The standard InChI is InChI=1S/C12H13BrO2/c13-11-5-1-9(2-6-11)7-15-8-12(14)10-3-4-10/h1-2,5-6,10H,3-4,7-8H2. The highest BCUT2D eigenvalue weighted by Gasteiger charge is 2.28. The number of Topliss-reactive ketones (excluding diaryl/α,β-unsaturated/α-hetero) is 1. The van der Waals surface area contributed by atoms with Gasteiger partial charge in [-0.25, -0.2) is 0 Å². The van der Waals surface area contributed by atoms with Crippen molar-refractivity contribution in [2.45, 2.75) is 19.4 Å². The lowest BCUT2D eigenvalue weighted by Gasteiger charge is -2.03. The van der Waals surface area contributed by atoms with Gasteiger partial charge in [0.1, 0.15) is 6.61 Å². The van der Waals surface area contributed by atoms with Crippen molar-refractivity contribution >= 4 is 21.7 Å². The predicted octanol–water partition coefficient (Wildman–Crippen LogP) is 2.94. The summed E-state index contributed by atoms with van der Waals surface area (Å²) in [4.78, 5) is 11.3. The molecule has 2 rings (SSSR count). The van der Waals surface area contributed by atoms with E-state index < -0.39 is 0 Å². The van der Waals surface area contributed by atoms with Crippen LogP contribution < -0.4 is 0 Å². The van der Waals surface area contributed by atoms with Gasteiger partial charge in [0.15, 0.2) is 5.78 Å². The Morgan fingerprint density at radius 1 is 1.33 bits per heavy atom. The Kier molecular flexibility index (Phi) is 3.54. The van der Waals surface area contributed by atoms with Crippen molar-refractivity contribution in [2.75, 3.05) is 6.61 Å². The number of hydrogen-bond acceptors (Lipinski definition) is 2. The highest BCUT2D eigenvalue weighted by atomic mass is 79.9. The molecule has 2 nitrogen and oxygen atoms in total. The van der Waals surface area contributed by atoms with E-state index >= 15 is 0 Å². The van der Waals surface area contributed by atoms with Crippen molar-refractivity contribution < 1.29 is 9.53 Å². The molecule has 0 bridgehead atoms.